The van der Waals surface area contributed by atoms with Crippen LogP contribution in [0.1, 0.15) is 41.9 Å². The number of nitrogens with zero attached hydrogens (tertiary/aromatic N) is 3. The van der Waals surface area contributed by atoms with E-state index in [9.17, 15) is 9.59 Å². The Morgan fingerprint density at radius 1 is 1.32 bits per heavy atom. The maximum atomic E-state index is 13.5. The van der Waals surface area contributed by atoms with Gasteiger partial charge < -0.3 is 15.2 Å². The Bertz CT molecular complexity index is 823. The molecule has 148 valence electrons. The van der Waals surface area contributed by atoms with Crippen LogP contribution in [0, 0.1) is 0 Å². The van der Waals surface area contributed by atoms with Gasteiger partial charge >= 0.3 is 0 Å². The van der Waals surface area contributed by atoms with Gasteiger partial charge in [-0.2, -0.15) is 0 Å². The van der Waals surface area contributed by atoms with Crippen LogP contribution in [0.2, 0.25) is 0 Å². The zero-order valence-electron chi connectivity index (χ0n) is 16.2. The summed E-state index contributed by atoms with van der Waals surface area (Å²) in [5.41, 5.74) is 0.136. The maximum Gasteiger partial charge on any atom is 0.251 e. The molecule has 2 aliphatic heterocycles. The predicted molar refractivity (Wildman–Crippen MR) is 106 cm³/mol. The average molecular weight is 381 g/mol. The summed E-state index contributed by atoms with van der Waals surface area (Å²) in [5, 5.41) is 3.15. The molecule has 0 saturated carbocycles. The minimum atomic E-state index is -0.520. The normalized spacial score (nSPS) is 24.5. The minimum absolute atomic E-state index is 0.0215. The van der Waals surface area contributed by atoms with Crippen molar-refractivity contribution in [3.05, 3.63) is 54.1 Å². The van der Waals surface area contributed by atoms with Crippen LogP contribution in [-0.2, 0) is 11.3 Å². The van der Waals surface area contributed by atoms with Crippen molar-refractivity contribution in [2.75, 3.05) is 20.1 Å². The molecule has 0 bridgehead atoms. The molecule has 2 amide bonds. The van der Waals surface area contributed by atoms with Gasteiger partial charge in [0.05, 0.1) is 6.54 Å². The molecule has 1 aromatic heterocycles. The van der Waals surface area contributed by atoms with E-state index in [0.29, 0.717) is 18.5 Å². The average Bonchev–Trinajstić information content (AvgIpc) is 3.35. The number of carbonyl (C=O) groups is 2. The maximum absolute atomic E-state index is 13.5. The molecule has 0 unspecified atom stereocenters. The highest BCUT2D eigenvalue weighted by Gasteiger charge is 2.53. The second kappa shape index (κ2) is 7.75. The van der Waals surface area contributed by atoms with Crippen molar-refractivity contribution in [3.8, 4) is 0 Å². The van der Waals surface area contributed by atoms with E-state index < -0.39 is 5.54 Å². The fraction of sp³-hybridized carbons (Fsp3) is 0.476. The van der Waals surface area contributed by atoms with Gasteiger partial charge in [0.25, 0.3) is 5.91 Å². The number of nitrogens with one attached hydrogen (secondary N) is 2. The van der Waals surface area contributed by atoms with Crippen LogP contribution in [0.5, 0.6) is 0 Å². The lowest BCUT2D eigenvalue weighted by Crippen LogP contribution is -2.57. The number of hydrogen-bond acceptors (Lipinski definition) is 4. The van der Waals surface area contributed by atoms with Gasteiger partial charge in [-0.15, -0.1) is 0 Å². The minimum Gasteiger partial charge on any atom is -0.348 e. The third kappa shape index (κ3) is 3.54. The monoisotopic (exact) mass is 381 g/mol. The molecule has 7 heteroatoms. The van der Waals surface area contributed by atoms with E-state index >= 15 is 0 Å². The zero-order chi connectivity index (χ0) is 19.6. The van der Waals surface area contributed by atoms with E-state index in [0.717, 1.165) is 38.2 Å². The quantitative estimate of drug-likeness (QED) is 0.827. The number of fused-ring (bicyclic) bond motifs is 1. The first-order chi connectivity index (χ1) is 13.6. The van der Waals surface area contributed by atoms with E-state index in [1.807, 2.05) is 37.4 Å². The van der Waals surface area contributed by atoms with E-state index in [1.54, 1.807) is 17.3 Å². The molecule has 4 rings (SSSR count). The Hall–Kier alpha value is -2.67. The van der Waals surface area contributed by atoms with Gasteiger partial charge in [-0.25, -0.2) is 4.98 Å². The number of aromatic amines is 1. The van der Waals surface area contributed by atoms with E-state index in [2.05, 4.69) is 20.2 Å². The van der Waals surface area contributed by atoms with Crippen LogP contribution in [0.25, 0.3) is 0 Å². The summed E-state index contributed by atoms with van der Waals surface area (Å²) in [6.45, 7) is 2.08. The lowest BCUT2D eigenvalue weighted by atomic mass is 9.84. The lowest BCUT2D eigenvalue weighted by Gasteiger charge is -2.42. The SMILES string of the molecule is CN(Cc1ncc[nH]1)C(=O)[C@]12CCCCN1C[C@@H](NC(=O)c1ccccc1)C2. The Morgan fingerprint density at radius 2 is 2.14 bits per heavy atom. The highest BCUT2D eigenvalue weighted by molar-refractivity contribution is 5.94. The third-order valence-corrected chi connectivity index (χ3v) is 5.96. The first-order valence-corrected chi connectivity index (χ1v) is 9.93. The van der Waals surface area contributed by atoms with E-state index in [1.165, 1.54) is 0 Å². The van der Waals surface area contributed by atoms with Crippen LogP contribution in [-0.4, -0.2) is 63.3 Å². The second-order valence-electron chi connectivity index (χ2n) is 7.87. The number of imidazole rings is 1. The standard InChI is InChI=1S/C21H27N5O2/c1-25(15-18-22-10-11-23-18)20(28)21-9-5-6-12-26(21)14-17(13-21)24-19(27)16-7-3-2-4-8-16/h2-4,7-8,10-11,17H,5-6,9,12-15H2,1H3,(H,22,23)(H,24,27)/t17-,21+/m0/s1. The van der Waals surface area contributed by atoms with Crippen LogP contribution in [0.3, 0.4) is 0 Å². The van der Waals surface area contributed by atoms with Crippen LogP contribution >= 0.6 is 0 Å². The Labute approximate surface area is 165 Å². The third-order valence-electron chi connectivity index (χ3n) is 5.96. The molecule has 2 atom stereocenters. The summed E-state index contributed by atoms with van der Waals surface area (Å²) in [6, 6.07) is 9.23. The number of rotatable bonds is 5. The largest absolute Gasteiger partial charge is 0.348 e. The Balaban J connectivity index is 1.48. The number of H-pyrrole nitrogens is 1. The first kappa shape index (κ1) is 18.7. The van der Waals surface area contributed by atoms with Gasteiger partial charge in [-0.3, -0.25) is 14.5 Å². The molecule has 28 heavy (non-hydrogen) atoms. The van der Waals surface area contributed by atoms with E-state index in [-0.39, 0.29) is 17.9 Å². The van der Waals surface area contributed by atoms with Crippen molar-refractivity contribution in [2.24, 2.45) is 0 Å². The fourth-order valence-electron chi connectivity index (χ4n) is 4.65. The fourth-order valence-corrected chi connectivity index (χ4v) is 4.65. The summed E-state index contributed by atoms with van der Waals surface area (Å²) in [7, 11) is 1.84. The van der Waals surface area contributed by atoms with Crippen molar-refractivity contribution in [3.63, 3.8) is 0 Å². The van der Waals surface area contributed by atoms with Gasteiger partial charge in [0.1, 0.15) is 11.4 Å². The predicted octanol–water partition coefficient (Wildman–Crippen LogP) is 1.80. The summed E-state index contributed by atoms with van der Waals surface area (Å²) >= 11 is 0. The van der Waals surface area contributed by atoms with Gasteiger partial charge in [0.15, 0.2) is 0 Å². The first-order valence-electron chi connectivity index (χ1n) is 9.93. The lowest BCUT2D eigenvalue weighted by molar-refractivity contribution is -0.144. The molecule has 2 aromatic rings. The molecule has 2 fully saturated rings. The van der Waals surface area contributed by atoms with Gasteiger partial charge in [0.2, 0.25) is 5.91 Å². The Kier molecular flexibility index (Phi) is 5.17. The van der Waals surface area contributed by atoms with Gasteiger partial charge in [0, 0.05) is 37.6 Å². The molecule has 7 nitrogen and oxygen atoms in total. The summed E-state index contributed by atoms with van der Waals surface area (Å²) in [5.74, 6) is 0.832. The van der Waals surface area contributed by atoms with Crippen LogP contribution < -0.4 is 5.32 Å². The van der Waals surface area contributed by atoms with Crippen molar-refractivity contribution in [1.82, 2.24) is 25.1 Å². The van der Waals surface area contributed by atoms with Gasteiger partial charge in [-0.05, 0) is 44.4 Å². The molecule has 0 radical (unpaired) electrons. The summed E-state index contributed by atoms with van der Waals surface area (Å²) < 4.78 is 0. The molecule has 2 aliphatic rings. The zero-order valence-corrected chi connectivity index (χ0v) is 16.2. The highest BCUT2D eigenvalue weighted by Crippen LogP contribution is 2.39. The second-order valence-corrected chi connectivity index (χ2v) is 7.87. The van der Waals surface area contributed by atoms with Crippen molar-refractivity contribution in [1.29, 1.82) is 0 Å². The molecule has 3 heterocycles. The van der Waals surface area contributed by atoms with Gasteiger partial charge in [-0.1, -0.05) is 18.2 Å². The number of likely N-dealkylation sites (N-methyl/N-ethyl adjacent to an activating group) is 1. The number of carbonyl (C=O) groups excluding carboxylic acids is 2. The molecule has 2 N–H and O–H groups in total. The number of piperidine rings is 1. The number of aromatic nitrogens is 2. The number of benzene rings is 1. The topological polar surface area (TPSA) is 81.3 Å². The summed E-state index contributed by atoms with van der Waals surface area (Å²) in [4.78, 5) is 37.4. The number of amides is 2. The molecule has 0 aliphatic carbocycles. The molecular weight excluding hydrogens is 354 g/mol. The molecule has 1 aromatic carbocycles. The molecule has 0 spiro atoms. The number of hydrogen-bond donors (Lipinski definition) is 2. The van der Waals surface area contributed by atoms with Crippen molar-refractivity contribution in [2.45, 2.75) is 43.8 Å². The van der Waals surface area contributed by atoms with Crippen LogP contribution in [0.4, 0.5) is 0 Å². The van der Waals surface area contributed by atoms with Crippen LogP contribution in [0.15, 0.2) is 42.7 Å². The Morgan fingerprint density at radius 3 is 2.89 bits per heavy atom. The smallest absolute Gasteiger partial charge is 0.251 e. The van der Waals surface area contributed by atoms with Crippen molar-refractivity contribution < 1.29 is 9.59 Å². The highest BCUT2D eigenvalue weighted by atomic mass is 16.2. The van der Waals surface area contributed by atoms with Crippen molar-refractivity contribution >= 4 is 11.8 Å². The molecular formula is C21H27N5O2. The van der Waals surface area contributed by atoms with E-state index in [4.69, 9.17) is 0 Å². The summed E-state index contributed by atoms with van der Waals surface area (Å²) in [6.07, 6.45) is 7.10. The molecule has 2 saturated heterocycles.